The van der Waals surface area contributed by atoms with Crippen molar-refractivity contribution >= 4 is 64.2 Å². The van der Waals surface area contributed by atoms with Gasteiger partial charge in [0.15, 0.2) is 12.2 Å². The molecule has 0 saturated carbocycles. The van der Waals surface area contributed by atoms with E-state index in [2.05, 4.69) is 15.1 Å². The monoisotopic (exact) mass is 1100 g/mol. The Morgan fingerprint density at radius 3 is 1.51 bits per heavy atom. The minimum absolute atomic E-state index is 0.0290. The smallest absolute Gasteiger partial charge is 0.490 e. The van der Waals surface area contributed by atoms with Gasteiger partial charge in [0, 0.05) is 73.3 Å². The number of nitrogens with zero attached hydrogens (tertiary/aromatic N) is 2. The number of likely N-dealkylation sites (tertiary alicyclic amines) is 2. The Labute approximate surface area is 431 Å². The number of amides is 1. The largest absolute Gasteiger partial charge is 0.491 e. The van der Waals surface area contributed by atoms with Crippen molar-refractivity contribution in [1.82, 2.24) is 15.1 Å². The van der Waals surface area contributed by atoms with Crippen molar-refractivity contribution in [3.63, 3.8) is 0 Å². The van der Waals surface area contributed by atoms with Crippen LogP contribution in [0, 0.1) is 11.6 Å². The van der Waals surface area contributed by atoms with Gasteiger partial charge in [-0.3, -0.25) is 4.79 Å². The minimum Gasteiger partial charge on any atom is -0.491 e. The molecule has 394 valence electrons. The van der Waals surface area contributed by atoms with Crippen LogP contribution in [0.15, 0.2) is 72.8 Å². The van der Waals surface area contributed by atoms with Crippen LogP contribution in [-0.4, -0.2) is 143 Å². The number of carbonyl (C=O) groups excluding carboxylic acids is 1. The quantitative estimate of drug-likeness (QED) is 0.0718. The molecule has 0 bridgehead atoms. The highest BCUT2D eigenvalue weighted by atomic mass is 35.5. The van der Waals surface area contributed by atoms with Crippen LogP contribution >= 0.6 is 46.4 Å². The number of nitrogens with two attached hydrogens (primary N) is 1. The normalized spacial score (nSPS) is 18.7. The summed E-state index contributed by atoms with van der Waals surface area (Å²) in [6.07, 6.45) is -3.30. The van der Waals surface area contributed by atoms with E-state index in [0.29, 0.717) is 59.0 Å². The number of rotatable bonds is 13. The molecule has 4 aromatic rings. The molecule has 7 N–H and O–H groups in total. The number of alkyl halides is 3. The summed E-state index contributed by atoms with van der Waals surface area (Å²) in [5, 5.41) is 40.4. The molecule has 4 aliphatic heterocycles. The molecule has 0 spiro atoms. The van der Waals surface area contributed by atoms with E-state index in [1.807, 2.05) is 6.07 Å². The van der Waals surface area contributed by atoms with Crippen LogP contribution in [0.4, 0.5) is 22.0 Å². The number of nitrogens with one attached hydrogen (secondary N) is 1. The molecule has 4 aromatic carbocycles. The number of aliphatic hydroxyl groups excluding tert-OH is 2. The van der Waals surface area contributed by atoms with Gasteiger partial charge in [0.05, 0.1) is 10.0 Å². The zero-order chi connectivity index (χ0) is 52.7. The molecule has 0 aromatic heterocycles. The molecule has 0 radical (unpaired) electrons. The number of halogens is 9. The third-order valence-electron chi connectivity index (χ3n) is 11.4. The number of benzene rings is 4. The summed E-state index contributed by atoms with van der Waals surface area (Å²) in [4.78, 5) is 36.4. The Hall–Kier alpha value is -4.90. The lowest BCUT2D eigenvalue weighted by Crippen LogP contribution is -2.49. The highest BCUT2D eigenvalue weighted by Crippen LogP contribution is 2.33. The number of carbonyl (C=O) groups is 3. The number of carboxylic acids is 2. The molecule has 4 unspecified atom stereocenters. The lowest BCUT2D eigenvalue weighted by molar-refractivity contribution is -0.192. The summed E-state index contributed by atoms with van der Waals surface area (Å²) in [5.41, 5.74) is 7.64. The predicted octanol–water partition coefficient (Wildman–Crippen LogP) is 7.46. The van der Waals surface area contributed by atoms with Gasteiger partial charge in [0.2, 0.25) is 0 Å². The van der Waals surface area contributed by atoms with E-state index < -0.39 is 54.2 Å². The molecular formula is C48H53Cl4F5N4O11. The molecule has 8 rings (SSSR count). The maximum Gasteiger partial charge on any atom is 0.490 e. The second-order valence-corrected chi connectivity index (χ2v) is 18.8. The molecule has 2 fully saturated rings. The van der Waals surface area contributed by atoms with E-state index in [-0.39, 0.29) is 41.2 Å². The summed E-state index contributed by atoms with van der Waals surface area (Å²) in [7, 11) is 0. The number of β-amino-alcohol motifs (C(OH)–C–C–N with tert-alkyl or cyclic N) is 2. The molecule has 2 saturated heterocycles. The summed E-state index contributed by atoms with van der Waals surface area (Å²) in [5.74, 6) is -2.86. The third-order valence-corrected chi connectivity index (χ3v) is 12.5. The van der Waals surface area contributed by atoms with Crippen LogP contribution in [0.2, 0.25) is 20.1 Å². The number of hydrogen-bond acceptors (Lipinski definition) is 12. The third kappa shape index (κ3) is 18.9. The van der Waals surface area contributed by atoms with Gasteiger partial charge in [-0.05, 0) is 111 Å². The van der Waals surface area contributed by atoms with E-state index >= 15 is 0 Å². The number of aliphatic carboxylic acids is 2. The Morgan fingerprint density at radius 2 is 1.10 bits per heavy atom. The van der Waals surface area contributed by atoms with E-state index in [1.54, 1.807) is 42.5 Å². The van der Waals surface area contributed by atoms with E-state index in [0.717, 1.165) is 63.0 Å². The Kier molecular flexibility index (Phi) is 22.1. The SMILES string of the molecule is NC1CCN(CC(O)COc2ccc(Cl)c(F)c2)CC1.O=C(NC1CCN(CC(O)COc2ccc(Cl)c(F)c2)CC1)C1Cc2cc(Cl)ccc2O1.O=C(O)C(F)(F)F.O=C(O)C1Cc2cc(Cl)ccc2O1. The molecule has 4 aliphatic rings. The first-order chi connectivity index (χ1) is 34.0. The second-order valence-electron chi connectivity index (χ2n) is 17.1. The van der Waals surface area contributed by atoms with Gasteiger partial charge in [-0.1, -0.05) is 46.4 Å². The minimum atomic E-state index is -5.08. The van der Waals surface area contributed by atoms with Crippen molar-refractivity contribution in [3.8, 4) is 23.0 Å². The topological polar surface area (TPSA) is 214 Å². The summed E-state index contributed by atoms with van der Waals surface area (Å²) >= 11 is 23.0. The molecule has 4 atom stereocenters. The molecule has 72 heavy (non-hydrogen) atoms. The zero-order valence-electron chi connectivity index (χ0n) is 38.3. The standard InChI is InChI=1S/C23H25Cl2FN2O4.C14H20ClFN2O2.C9H7ClO3.C2HF3O2/c24-15-1-4-21-14(9-15)10-22(32-21)23(30)27-16-5-7-28(8-6-16)12-17(29)13-31-18-2-3-19(25)20(26)11-18;15-13-2-1-12(7-14(13)16)20-9-11(19)8-18-5-3-10(17)4-6-18;10-6-1-2-7-5(3-6)4-8(13-7)9(11)12;3-2(4,5)1(6)7/h1-4,9,11,16-17,22,29H,5-8,10,12-13H2,(H,27,30);1-2,7,10-11,19H,3-6,8-9,17H2;1-3,8H,4H2,(H,11,12);(H,6,7). The average Bonchev–Trinajstić information content (AvgIpc) is 3.96. The van der Waals surface area contributed by atoms with Gasteiger partial charge >= 0.3 is 18.1 Å². The molecular weight excluding hydrogens is 1050 g/mol. The number of aliphatic hydroxyl groups is 2. The number of hydrogen-bond donors (Lipinski definition) is 6. The predicted molar refractivity (Wildman–Crippen MR) is 258 cm³/mol. The van der Waals surface area contributed by atoms with Gasteiger partial charge in [0.25, 0.3) is 5.91 Å². The van der Waals surface area contributed by atoms with Crippen molar-refractivity contribution in [1.29, 1.82) is 0 Å². The first-order valence-electron chi connectivity index (χ1n) is 22.5. The van der Waals surface area contributed by atoms with Crippen LogP contribution in [0.25, 0.3) is 0 Å². The van der Waals surface area contributed by atoms with Gasteiger partial charge < -0.3 is 60.2 Å². The van der Waals surface area contributed by atoms with Crippen molar-refractivity contribution in [2.45, 2.75) is 81.2 Å². The lowest BCUT2D eigenvalue weighted by Gasteiger charge is -2.33. The number of piperidine rings is 2. The fourth-order valence-corrected chi connectivity index (χ4v) is 8.25. The molecule has 15 nitrogen and oxygen atoms in total. The van der Waals surface area contributed by atoms with Crippen molar-refractivity contribution in [2.24, 2.45) is 5.73 Å². The van der Waals surface area contributed by atoms with Crippen LogP contribution in [0.3, 0.4) is 0 Å². The molecule has 4 heterocycles. The van der Waals surface area contributed by atoms with Crippen LogP contribution in [-0.2, 0) is 27.2 Å². The van der Waals surface area contributed by atoms with Crippen molar-refractivity contribution in [3.05, 3.63) is 116 Å². The van der Waals surface area contributed by atoms with E-state index in [9.17, 15) is 41.8 Å². The highest BCUT2D eigenvalue weighted by molar-refractivity contribution is 6.31. The number of fused-ring (bicyclic) bond motifs is 2. The van der Waals surface area contributed by atoms with Gasteiger partial charge in [0.1, 0.15) is 60.1 Å². The number of ether oxygens (including phenoxy) is 4. The van der Waals surface area contributed by atoms with Gasteiger partial charge in [-0.2, -0.15) is 13.2 Å². The van der Waals surface area contributed by atoms with Gasteiger partial charge in [-0.25, -0.2) is 18.4 Å². The van der Waals surface area contributed by atoms with E-state index in [1.165, 1.54) is 24.3 Å². The molecule has 0 aliphatic carbocycles. The molecule has 24 heteroatoms. The highest BCUT2D eigenvalue weighted by Gasteiger charge is 2.38. The van der Waals surface area contributed by atoms with Crippen LogP contribution in [0.5, 0.6) is 23.0 Å². The van der Waals surface area contributed by atoms with Crippen molar-refractivity contribution < 1.29 is 75.7 Å². The number of carboxylic acid groups (broad SMARTS) is 2. The Bertz CT molecular complexity index is 2450. The van der Waals surface area contributed by atoms with Crippen LogP contribution < -0.4 is 30.0 Å². The summed E-state index contributed by atoms with van der Waals surface area (Å²) in [6.45, 7) is 4.46. The zero-order valence-corrected chi connectivity index (χ0v) is 41.3. The Balaban J connectivity index is 0.000000204. The lowest BCUT2D eigenvalue weighted by atomic mass is 10.0. The summed E-state index contributed by atoms with van der Waals surface area (Å²) in [6, 6.07) is 19.3. The average molecular weight is 1100 g/mol. The van der Waals surface area contributed by atoms with Crippen molar-refractivity contribution in [2.75, 3.05) is 52.5 Å². The Morgan fingerprint density at radius 1 is 0.681 bits per heavy atom. The fourth-order valence-electron chi connectivity index (χ4n) is 7.63. The first-order valence-corrected chi connectivity index (χ1v) is 24.0. The second kappa shape index (κ2) is 27.4. The first kappa shape index (κ1) is 58.0. The summed E-state index contributed by atoms with van der Waals surface area (Å²) < 4.78 is 80.2. The maximum absolute atomic E-state index is 13.5. The van der Waals surface area contributed by atoms with Crippen LogP contribution in [0.1, 0.15) is 36.8 Å². The maximum atomic E-state index is 13.5. The van der Waals surface area contributed by atoms with E-state index in [4.69, 9.17) is 86.1 Å². The molecule has 1 amide bonds. The van der Waals surface area contributed by atoms with Gasteiger partial charge in [-0.15, -0.1) is 0 Å². The fraction of sp³-hybridized carbons (Fsp3) is 0.438.